The molecule has 0 bridgehead atoms. The summed E-state index contributed by atoms with van der Waals surface area (Å²) in [5, 5.41) is 17.5. The molecule has 0 spiro atoms. The van der Waals surface area contributed by atoms with Crippen molar-refractivity contribution in [3.8, 4) is 0 Å². The van der Waals surface area contributed by atoms with Crippen molar-refractivity contribution in [1.82, 2.24) is 15.0 Å². The summed E-state index contributed by atoms with van der Waals surface area (Å²) in [6.45, 7) is 6.03. The van der Waals surface area contributed by atoms with Crippen LogP contribution in [-0.4, -0.2) is 38.8 Å². The molecular formula is C12H21N3O3. The van der Waals surface area contributed by atoms with Crippen molar-refractivity contribution < 1.29 is 14.6 Å². The van der Waals surface area contributed by atoms with Gasteiger partial charge in [0, 0.05) is 6.54 Å². The molecule has 0 saturated heterocycles. The molecule has 0 saturated carbocycles. The van der Waals surface area contributed by atoms with Crippen LogP contribution < -0.4 is 0 Å². The number of aryl methyl sites for hydroxylation is 1. The Bertz CT molecular complexity index is 407. The first-order valence-electron chi connectivity index (χ1n) is 6.12. The molecule has 1 aromatic heterocycles. The lowest BCUT2D eigenvalue weighted by molar-refractivity contribution is 0.0592. The van der Waals surface area contributed by atoms with Crippen molar-refractivity contribution in [2.75, 3.05) is 7.11 Å². The SMILES string of the molecule is CCCc1c(C(=O)OC)nnn1CCC(C)(C)O. The maximum atomic E-state index is 11.5. The van der Waals surface area contributed by atoms with Crippen molar-refractivity contribution in [1.29, 1.82) is 0 Å². The van der Waals surface area contributed by atoms with E-state index in [0.717, 1.165) is 12.1 Å². The van der Waals surface area contributed by atoms with E-state index in [1.165, 1.54) is 7.11 Å². The lowest BCUT2D eigenvalue weighted by atomic mass is 10.1. The lowest BCUT2D eigenvalue weighted by Gasteiger charge is -2.17. The van der Waals surface area contributed by atoms with Gasteiger partial charge in [-0.1, -0.05) is 18.6 Å². The smallest absolute Gasteiger partial charge is 0.360 e. The molecule has 1 heterocycles. The van der Waals surface area contributed by atoms with Crippen LogP contribution in [0.2, 0.25) is 0 Å². The van der Waals surface area contributed by atoms with Gasteiger partial charge >= 0.3 is 5.97 Å². The number of aromatic nitrogens is 3. The molecule has 6 heteroatoms. The Hall–Kier alpha value is -1.43. The monoisotopic (exact) mass is 255 g/mol. The number of carbonyl (C=O) groups is 1. The lowest BCUT2D eigenvalue weighted by Crippen LogP contribution is -2.22. The van der Waals surface area contributed by atoms with E-state index < -0.39 is 11.6 Å². The summed E-state index contributed by atoms with van der Waals surface area (Å²) < 4.78 is 6.35. The quantitative estimate of drug-likeness (QED) is 0.772. The Morgan fingerprint density at radius 1 is 1.50 bits per heavy atom. The van der Waals surface area contributed by atoms with Crippen LogP contribution in [-0.2, 0) is 17.7 Å². The summed E-state index contributed by atoms with van der Waals surface area (Å²) >= 11 is 0. The Balaban J connectivity index is 2.91. The van der Waals surface area contributed by atoms with Crippen LogP contribution in [0.5, 0.6) is 0 Å². The second kappa shape index (κ2) is 5.95. The van der Waals surface area contributed by atoms with E-state index in [-0.39, 0.29) is 5.69 Å². The summed E-state index contributed by atoms with van der Waals surface area (Å²) in [6.07, 6.45) is 2.15. The molecule has 18 heavy (non-hydrogen) atoms. The Morgan fingerprint density at radius 2 is 2.17 bits per heavy atom. The van der Waals surface area contributed by atoms with E-state index in [1.807, 2.05) is 6.92 Å². The topological polar surface area (TPSA) is 77.2 Å². The minimum atomic E-state index is -0.763. The predicted octanol–water partition coefficient (Wildman–Crippen LogP) is 1.18. The molecule has 0 amide bonds. The van der Waals surface area contributed by atoms with Crippen molar-refractivity contribution >= 4 is 5.97 Å². The third-order valence-corrected chi connectivity index (χ3v) is 2.64. The zero-order chi connectivity index (χ0) is 13.8. The van der Waals surface area contributed by atoms with Crippen molar-refractivity contribution in [3.05, 3.63) is 11.4 Å². The van der Waals surface area contributed by atoms with Gasteiger partial charge in [-0.2, -0.15) is 0 Å². The zero-order valence-electron chi connectivity index (χ0n) is 11.4. The Labute approximate surface area is 107 Å². The van der Waals surface area contributed by atoms with E-state index in [2.05, 4.69) is 15.0 Å². The number of nitrogens with zero attached hydrogens (tertiary/aromatic N) is 3. The molecule has 102 valence electrons. The van der Waals surface area contributed by atoms with E-state index in [1.54, 1.807) is 18.5 Å². The fourth-order valence-electron chi connectivity index (χ4n) is 1.63. The van der Waals surface area contributed by atoms with Crippen molar-refractivity contribution in [2.24, 2.45) is 0 Å². The van der Waals surface area contributed by atoms with Crippen molar-refractivity contribution in [2.45, 2.75) is 52.2 Å². The summed E-state index contributed by atoms with van der Waals surface area (Å²) in [7, 11) is 1.33. The van der Waals surface area contributed by atoms with Crippen LogP contribution in [0.4, 0.5) is 0 Å². The van der Waals surface area contributed by atoms with E-state index in [0.29, 0.717) is 19.4 Å². The molecule has 0 radical (unpaired) electrons. The maximum absolute atomic E-state index is 11.5. The molecule has 0 aliphatic rings. The number of carbonyl (C=O) groups excluding carboxylic acids is 1. The fraction of sp³-hybridized carbons (Fsp3) is 0.750. The molecule has 0 aliphatic heterocycles. The van der Waals surface area contributed by atoms with Crippen LogP contribution in [0.1, 0.15) is 49.8 Å². The summed E-state index contributed by atoms with van der Waals surface area (Å²) in [4.78, 5) is 11.5. The Morgan fingerprint density at radius 3 is 2.67 bits per heavy atom. The summed E-state index contributed by atoms with van der Waals surface area (Å²) in [5.41, 5.74) is 0.282. The van der Waals surface area contributed by atoms with Gasteiger partial charge in [-0.05, 0) is 26.7 Å². The van der Waals surface area contributed by atoms with Crippen LogP contribution >= 0.6 is 0 Å². The molecule has 0 aromatic carbocycles. The van der Waals surface area contributed by atoms with Gasteiger partial charge < -0.3 is 9.84 Å². The van der Waals surface area contributed by atoms with E-state index >= 15 is 0 Å². The Kier molecular flexibility index (Phi) is 4.84. The first kappa shape index (κ1) is 14.6. The second-order valence-electron chi connectivity index (χ2n) is 4.91. The molecule has 1 N–H and O–H groups in total. The van der Waals surface area contributed by atoms with Gasteiger partial charge in [0.15, 0.2) is 5.69 Å². The summed E-state index contributed by atoms with van der Waals surface area (Å²) in [5.74, 6) is -0.465. The standard InChI is InChI=1S/C12H21N3O3/c1-5-6-9-10(11(16)18-4)13-14-15(9)8-7-12(2,3)17/h17H,5-8H2,1-4H3. The summed E-state index contributed by atoms with van der Waals surface area (Å²) in [6, 6.07) is 0. The number of hydrogen-bond acceptors (Lipinski definition) is 5. The highest BCUT2D eigenvalue weighted by Gasteiger charge is 2.21. The highest BCUT2D eigenvalue weighted by atomic mass is 16.5. The molecule has 1 aromatic rings. The average molecular weight is 255 g/mol. The predicted molar refractivity (Wildman–Crippen MR) is 66.3 cm³/mol. The van der Waals surface area contributed by atoms with Gasteiger partial charge in [-0.25, -0.2) is 9.48 Å². The van der Waals surface area contributed by atoms with Gasteiger partial charge in [0.2, 0.25) is 0 Å². The maximum Gasteiger partial charge on any atom is 0.360 e. The van der Waals surface area contributed by atoms with Crippen LogP contribution in [0.3, 0.4) is 0 Å². The van der Waals surface area contributed by atoms with Gasteiger partial charge in [0.1, 0.15) is 0 Å². The molecule has 1 rings (SSSR count). The first-order valence-corrected chi connectivity index (χ1v) is 6.12. The number of aliphatic hydroxyl groups is 1. The number of methoxy groups -OCH3 is 1. The minimum absolute atomic E-state index is 0.273. The average Bonchev–Trinajstić information content (AvgIpc) is 2.68. The second-order valence-corrected chi connectivity index (χ2v) is 4.91. The third kappa shape index (κ3) is 3.80. The van der Waals surface area contributed by atoms with Crippen molar-refractivity contribution in [3.63, 3.8) is 0 Å². The minimum Gasteiger partial charge on any atom is -0.464 e. The first-order chi connectivity index (χ1) is 8.39. The number of esters is 1. The van der Waals surface area contributed by atoms with Crippen LogP contribution in [0, 0.1) is 0 Å². The van der Waals surface area contributed by atoms with E-state index in [9.17, 15) is 9.90 Å². The van der Waals surface area contributed by atoms with Gasteiger partial charge in [0.05, 0.1) is 18.4 Å². The van der Waals surface area contributed by atoms with E-state index in [4.69, 9.17) is 0 Å². The number of hydrogen-bond donors (Lipinski definition) is 1. The molecule has 0 aliphatic carbocycles. The molecule has 0 atom stereocenters. The molecule has 0 unspecified atom stereocenters. The highest BCUT2D eigenvalue weighted by Crippen LogP contribution is 2.14. The number of rotatable bonds is 6. The zero-order valence-corrected chi connectivity index (χ0v) is 11.4. The fourth-order valence-corrected chi connectivity index (χ4v) is 1.63. The third-order valence-electron chi connectivity index (χ3n) is 2.64. The largest absolute Gasteiger partial charge is 0.464 e. The molecular weight excluding hydrogens is 234 g/mol. The van der Waals surface area contributed by atoms with Gasteiger partial charge in [0.25, 0.3) is 0 Å². The van der Waals surface area contributed by atoms with Crippen LogP contribution in [0.15, 0.2) is 0 Å². The van der Waals surface area contributed by atoms with Gasteiger partial charge in [-0.3, -0.25) is 0 Å². The number of ether oxygens (including phenoxy) is 1. The highest BCUT2D eigenvalue weighted by molar-refractivity contribution is 5.88. The molecule has 0 fully saturated rings. The molecule has 6 nitrogen and oxygen atoms in total. The van der Waals surface area contributed by atoms with Gasteiger partial charge in [-0.15, -0.1) is 5.10 Å². The normalized spacial score (nSPS) is 11.6. The van der Waals surface area contributed by atoms with Crippen LogP contribution in [0.25, 0.3) is 0 Å².